The molecule has 0 fully saturated rings. The number of carbonyl (C=O) groups excluding carboxylic acids is 1. The van der Waals surface area contributed by atoms with Crippen molar-refractivity contribution in [2.45, 2.75) is 13.8 Å². The summed E-state index contributed by atoms with van der Waals surface area (Å²) in [7, 11) is 1.76. The van der Waals surface area contributed by atoms with E-state index >= 15 is 0 Å². The van der Waals surface area contributed by atoms with Gasteiger partial charge in [0.15, 0.2) is 6.61 Å². The van der Waals surface area contributed by atoms with Crippen molar-refractivity contribution in [3.05, 3.63) is 11.8 Å². The van der Waals surface area contributed by atoms with Gasteiger partial charge in [0.05, 0.1) is 12.8 Å². The van der Waals surface area contributed by atoms with Gasteiger partial charge in [0.2, 0.25) is 5.88 Å². The summed E-state index contributed by atoms with van der Waals surface area (Å²) in [5.74, 6) is 0.228. The second-order valence-electron chi connectivity index (χ2n) is 2.85. The Bertz CT molecular complexity index is 300. The quantitative estimate of drug-likeness (QED) is 0.667. The van der Waals surface area contributed by atoms with Gasteiger partial charge in [-0.15, -0.1) is 0 Å². The Hall–Kier alpha value is -1.52. The van der Waals surface area contributed by atoms with Crippen molar-refractivity contribution >= 4 is 5.97 Å². The molecule has 0 saturated carbocycles. The minimum atomic E-state index is -0.367. The average molecular weight is 198 g/mol. The third kappa shape index (κ3) is 2.48. The van der Waals surface area contributed by atoms with Gasteiger partial charge in [0, 0.05) is 12.6 Å². The molecule has 0 aliphatic heterocycles. The third-order valence-electron chi connectivity index (χ3n) is 1.69. The molecule has 0 spiro atoms. The van der Waals surface area contributed by atoms with Gasteiger partial charge in [-0.25, -0.2) is 9.48 Å². The molecule has 0 atom stereocenters. The van der Waals surface area contributed by atoms with Crippen LogP contribution in [0.3, 0.4) is 0 Å². The molecule has 0 aliphatic carbocycles. The second kappa shape index (κ2) is 4.64. The van der Waals surface area contributed by atoms with Crippen molar-refractivity contribution in [2.75, 3.05) is 13.2 Å². The highest BCUT2D eigenvalue weighted by molar-refractivity contribution is 5.71. The first kappa shape index (κ1) is 10.6. The first-order chi connectivity index (χ1) is 6.65. The summed E-state index contributed by atoms with van der Waals surface area (Å²) in [6.45, 7) is 3.92. The summed E-state index contributed by atoms with van der Waals surface area (Å²) >= 11 is 0. The van der Waals surface area contributed by atoms with Crippen LogP contribution in [-0.2, 0) is 16.6 Å². The minimum Gasteiger partial charge on any atom is -0.466 e. The summed E-state index contributed by atoms with van der Waals surface area (Å²) in [4.78, 5) is 11.0. The highest BCUT2D eigenvalue weighted by atomic mass is 16.6. The zero-order chi connectivity index (χ0) is 10.6. The molecule has 0 N–H and O–H groups in total. The molecule has 0 unspecified atom stereocenters. The van der Waals surface area contributed by atoms with E-state index in [2.05, 4.69) is 5.10 Å². The Morgan fingerprint density at radius 1 is 1.64 bits per heavy atom. The highest BCUT2D eigenvalue weighted by Crippen LogP contribution is 2.14. The van der Waals surface area contributed by atoms with E-state index in [1.165, 1.54) is 0 Å². The Kier molecular flexibility index (Phi) is 3.50. The van der Waals surface area contributed by atoms with E-state index in [0.717, 1.165) is 5.56 Å². The Morgan fingerprint density at radius 3 is 2.86 bits per heavy atom. The van der Waals surface area contributed by atoms with Gasteiger partial charge in [0.1, 0.15) is 0 Å². The first-order valence-corrected chi connectivity index (χ1v) is 4.42. The van der Waals surface area contributed by atoms with Gasteiger partial charge in [0.25, 0.3) is 0 Å². The Balaban J connectivity index is 2.49. The van der Waals surface area contributed by atoms with Crippen LogP contribution in [0.25, 0.3) is 0 Å². The number of nitrogens with zero attached hydrogens (tertiary/aromatic N) is 2. The molecular formula is C9H14N2O3. The van der Waals surface area contributed by atoms with Crippen LogP contribution in [0, 0.1) is 6.92 Å². The maximum atomic E-state index is 11.0. The molecule has 1 aromatic heterocycles. The molecule has 0 bridgehead atoms. The van der Waals surface area contributed by atoms with E-state index in [0.29, 0.717) is 12.5 Å². The lowest BCUT2D eigenvalue weighted by atomic mass is 10.4. The fraction of sp³-hybridized carbons (Fsp3) is 0.556. The van der Waals surface area contributed by atoms with Gasteiger partial charge in [-0.1, -0.05) is 0 Å². The van der Waals surface area contributed by atoms with E-state index in [4.69, 9.17) is 9.47 Å². The summed E-state index contributed by atoms with van der Waals surface area (Å²) in [5.41, 5.74) is 0.900. The van der Waals surface area contributed by atoms with E-state index in [9.17, 15) is 4.79 Å². The van der Waals surface area contributed by atoms with Crippen LogP contribution in [0.5, 0.6) is 5.88 Å². The zero-order valence-electron chi connectivity index (χ0n) is 8.61. The molecule has 0 aliphatic rings. The monoisotopic (exact) mass is 198 g/mol. The van der Waals surface area contributed by atoms with Gasteiger partial charge in [-0.05, 0) is 13.8 Å². The SMILES string of the molecule is CCOC(=O)COc1c(C)cnn1C. The lowest BCUT2D eigenvalue weighted by Gasteiger charge is -2.06. The number of aromatic nitrogens is 2. The largest absolute Gasteiger partial charge is 0.466 e. The van der Waals surface area contributed by atoms with Crippen LogP contribution in [0.2, 0.25) is 0 Å². The van der Waals surface area contributed by atoms with Crippen LogP contribution in [0.4, 0.5) is 0 Å². The number of hydrogen-bond acceptors (Lipinski definition) is 4. The molecule has 14 heavy (non-hydrogen) atoms. The molecule has 5 nitrogen and oxygen atoms in total. The minimum absolute atomic E-state index is 0.0752. The summed E-state index contributed by atoms with van der Waals surface area (Å²) in [6, 6.07) is 0. The Labute approximate surface area is 82.6 Å². The maximum Gasteiger partial charge on any atom is 0.344 e. The molecule has 0 amide bonds. The van der Waals surface area contributed by atoms with Crippen molar-refractivity contribution in [2.24, 2.45) is 7.05 Å². The van der Waals surface area contributed by atoms with Crippen LogP contribution in [0.15, 0.2) is 6.20 Å². The predicted molar refractivity (Wildman–Crippen MR) is 50.1 cm³/mol. The van der Waals surface area contributed by atoms with Crippen molar-refractivity contribution in [1.82, 2.24) is 9.78 Å². The molecule has 1 heterocycles. The third-order valence-corrected chi connectivity index (χ3v) is 1.69. The van der Waals surface area contributed by atoms with E-state index in [1.807, 2.05) is 6.92 Å². The highest BCUT2D eigenvalue weighted by Gasteiger charge is 2.08. The average Bonchev–Trinajstić information content (AvgIpc) is 2.44. The number of hydrogen-bond donors (Lipinski definition) is 0. The fourth-order valence-corrected chi connectivity index (χ4v) is 1.07. The molecule has 5 heteroatoms. The van der Waals surface area contributed by atoms with Crippen LogP contribution in [0.1, 0.15) is 12.5 Å². The number of ether oxygens (including phenoxy) is 2. The number of esters is 1. The van der Waals surface area contributed by atoms with Crippen molar-refractivity contribution < 1.29 is 14.3 Å². The van der Waals surface area contributed by atoms with E-state index < -0.39 is 0 Å². The summed E-state index contributed by atoms with van der Waals surface area (Å²) in [6.07, 6.45) is 1.68. The predicted octanol–water partition coefficient (Wildman–Crippen LogP) is 0.670. The molecule has 78 valence electrons. The Morgan fingerprint density at radius 2 is 2.36 bits per heavy atom. The van der Waals surface area contributed by atoms with E-state index in [-0.39, 0.29) is 12.6 Å². The molecule has 0 radical (unpaired) electrons. The molecule has 1 aromatic rings. The van der Waals surface area contributed by atoms with Crippen LogP contribution < -0.4 is 4.74 Å². The molecule has 0 saturated heterocycles. The summed E-state index contributed by atoms with van der Waals surface area (Å²) < 4.78 is 11.6. The standard InChI is InChI=1S/C9H14N2O3/c1-4-13-8(12)6-14-9-7(2)5-10-11(9)3/h5H,4,6H2,1-3H3. The number of carbonyl (C=O) groups is 1. The lowest BCUT2D eigenvalue weighted by Crippen LogP contribution is -2.16. The zero-order valence-corrected chi connectivity index (χ0v) is 8.61. The normalized spacial score (nSPS) is 9.93. The van der Waals surface area contributed by atoms with Gasteiger partial charge in [-0.3, -0.25) is 0 Å². The van der Waals surface area contributed by atoms with Gasteiger partial charge < -0.3 is 9.47 Å². The van der Waals surface area contributed by atoms with Gasteiger partial charge >= 0.3 is 5.97 Å². The van der Waals surface area contributed by atoms with Gasteiger partial charge in [-0.2, -0.15) is 5.10 Å². The first-order valence-electron chi connectivity index (χ1n) is 4.42. The topological polar surface area (TPSA) is 53.4 Å². The van der Waals surface area contributed by atoms with Crippen LogP contribution >= 0.6 is 0 Å². The maximum absolute atomic E-state index is 11.0. The van der Waals surface area contributed by atoms with Crippen molar-refractivity contribution in [3.63, 3.8) is 0 Å². The second-order valence-corrected chi connectivity index (χ2v) is 2.85. The molecule has 1 rings (SSSR count). The number of rotatable bonds is 4. The lowest BCUT2D eigenvalue weighted by molar-refractivity contribution is -0.145. The van der Waals surface area contributed by atoms with Crippen molar-refractivity contribution in [3.8, 4) is 5.88 Å². The smallest absolute Gasteiger partial charge is 0.344 e. The number of aryl methyl sites for hydroxylation is 2. The molecular weight excluding hydrogens is 184 g/mol. The fourth-order valence-electron chi connectivity index (χ4n) is 1.07. The molecule has 0 aromatic carbocycles. The summed E-state index contributed by atoms with van der Waals surface area (Å²) in [5, 5.41) is 3.98. The van der Waals surface area contributed by atoms with Crippen molar-refractivity contribution in [1.29, 1.82) is 0 Å². The van der Waals surface area contributed by atoms with Crippen LogP contribution in [-0.4, -0.2) is 29.0 Å². The van der Waals surface area contributed by atoms with E-state index in [1.54, 1.807) is 24.9 Å².